The average Bonchev–Trinajstić information content (AvgIpc) is 2.53. The zero-order valence-corrected chi connectivity index (χ0v) is 7.00. The topological polar surface area (TPSA) is 53.2 Å². The third-order valence-corrected chi connectivity index (χ3v) is 1.57. The van der Waals surface area contributed by atoms with Crippen molar-refractivity contribution < 1.29 is 9.59 Å². The third kappa shape index (κ3) is 1.53. The number of hydrogen-bond donors (Lipinski definition) is 1. The Kier molecular flexibility index (Phi) is 2.28. The Morgan fingerprint density at radius 3 is 2.58 bits per heavy atom. The lowest BCUT2D eigenvalue weighted by Crippen LogP contribution is -2.31. The fourth-order valence-electron chi connectivity index (χ4n) is 0.877. The van der Waals surface area contributed by atoms with Crippen molar-refractivity contribution in [3.63, 3.8) is 0 Å². The quantitative estimate of drug-likeness (QED) is 0.653. The van der Waals surface area contributed by atoms with E-state index in [0.717, 1.165) is 0 Å². The van der Waals surface area contributed by atoms with Crippen LogP contribution in [0.3, 0.4) is 0 Å². The lowest BCUT2D eigenvalue weighted by atomic mass is 10.3. The Labute approximate surface area is 70.2 Å². The molecule has 64 valence electrons. The van der Waals surface area contributed by atoms with Gasteiger partial charge in [-0.25, -0.2) is 0 Å². The molecule has 12 heavy (non-hydrogen) atoms. The van der Waals surface area contributed by atoms with E-state index in [0.29, 0.717) is 5.69 Å². The molecule has 0 bridgehead atoms. The van der Waals surface area contributed by atoms with Gasteiger partial charge in [-0.05, 0) is 6.07 Å². The number of ketones is 1. The Bertz CT molecular complexity index is 290. The molecule has 0 saturated heterocycles. The highest BCUT2D eigenvalue weighted by Gasteiger charge is 2.14. The predicted octanol–water partition coefficient (Wildman–Crippen LogP) is 0.567. The zero-order valence-electron chi connectivity index (χ0n) is 7.00. The number of nitrogens with zero attached hydrogens (tertiary/aromatic N) is 1. The summed E-state index contributed by atoms with van der Waals surface area (Å²) in [6, 6.07) is 1.72. The van der Waals surface area contributed by atoms with Crippen molar-refractivity contribution in [1.82, 2.24) is 4.98 Å². The molecule has 0 aliphatic carbocycles. The second-order valence-electron chi connectivity index (χ2n) is 2.49. The molecule has 1 heterocycles. The van der Waals surface area contributed by atoms with Crippen LogP contribution in [0.2, 0.25) is 0 Å². The fraction of sp³-hybridized carbons (Fsp3) is 0.250. The molecule has 0 aliphatic heterocycles. The van der Waals surface area contributed by atoms with Crippen molar-refractivity contribution in [3.8, 4) is 0 Å². The number of carbonyl (C=O) groups is 2. The van der Waals surface area contributed by atoms with Gasteiger partial charge in [-0.3, -0.25) is 9.59 Å². The SMILES string of the molecule is CC(=O)C(=O)N(C)c1cc[nH]c1. The number of anilines is 1. The van der Waals surface area contributed by atoms with E-state index in [4.69, 9.17) is 0 Å². The van der Waals surface area contributed by atoms with Crippen molar-refractivity contribution in [2.75, 3.05) is 11.9 Å². The first-order chi connectivity index (χ1) is 5.63. The number of H-pyrrole nitrogens is 1. The smallest absolute Gasteiger partial charge is 0.293 e. The Balaban J connectivity index is 2.79. The van der Waals surface area contributed by atoms with Gasteiger partial charge >= 0.3 is 0 Å². The first-order valence-electron chi connectivity index (χ1n) is 3.54. The van der Waals surface area contributed by atoms with Gasteiger partial charge in [0.15, 0.2) is 0 Å². The first-order valence-corrected chi connectivity index (χ1v) is 3.54. The van der Waals surface area contributed by atoms with Crippen LogP contribution in [0.15, 0.2) is 18.5 Å². The molecule has 0 saturated carbocycles. The predicted molar refractivity (Wildman–Crippen MR) is 44.9 cm³/mol. The molecule has 1 rings (SSSR count). The molecule has 0 fully saturated rings. The van der Waals surface area contributed by atoms with Crippen LogP contribution in [-0.4, -0.2) is 23.7 Å². The van der Waals surface area contributed by atoms with E-state index in [9.17, 15) is 9.59 Å². The minimum absolute atomic E-state index is 0.460. The van der Waals surface area contributed by atoms with Gasteiger partial charge in [-0.1, -0.05) is 0 Å². The van der Waals surface area contributed by atoms with Crippen LogP contribution >= 0.6 is 0 Å². The third-order valence-electron chi connectivity index (χ3n) is 1.57. The highest BCUT2D eigenvalue weighted by molar-refractivity contribution is 6.40. The van der Waals surface area contributed by atoms with E-state index in [-0.39, 0.29) is 0 Å². The summed E-state index contributed by atoms with van der Waals surface area (Å²) >= 11 is 0. The van der Waals surface area contributed by atoms with Crippen molar-refractivity contribution in [2.45, 2.75) is 6.92 Å². The van der Waals surface area contributed by atoms with E-state index in [1.807, 2.05) is 0 Å². The number of amides is 1. The Morgan fingerprint density at radius 1 is 1.50 bits per heavy atom. The molecule has 1 amide bonds. The molecule has 4 nitrogen and oxygen atoms in total. The van der Waals surface area contributed by atoms with Gasteiger partial charge in [0.2, 0.25) is 5.78 Å². The maximum atomic E-state index is 11.1. The molecule has 0 unspecified atom stereocenters. The van der Waals surface area contributed by atoms with Crippen LogP contribution in [0.25, 0.3) is 0 Å². The summed E-state index contributed by atoms with van der Waals surface area (Å²) in [5, 5.41) is 0. The zero-order chi connectivity index (χ0) is 9.14. The molecule has 0 atom stereocenters. The summed E-state index contributed by atoms with van der Waals surface area (Å²) in [7, 11) is 1.56. The summed E-state index contributed by atoms with van der Waals surface area (Å²) in [4.78, 5) is 25.9. The van der Waals surface area contributed by atoms with Gasteiger partial charge in [-0.15, -0.1) is 0 Å². The van der Waals surface area contributed by atoms with Crippen LogP contribution in [0.5, 0.6) is 0 Å². The molecule has 0 radical (unpaired) electrons. The number of carbonyl (C=O) groups excluding carboxylic acids is 2. The van der Waals surface area contributed by atoms with E-state index >= 15 is 0 Å². The maximum Gasteiger partial charge on any atom is 0.293 e. The minimum Gasteiger partial charge on any atom is -0.366 e. The van der Waals surface area contributed by atoms with Crippen LogP contribution < -0.4 is 4.90 Å². The number of hydrogen-bond acceptors (Lipinski definition) is 2. The first kappa shape index (κ1) is 8.52. The second kappa shape index (κ2) is 3.21. The molecular formula is C8H10N2O2. The minimum atomic E-state index is -0.505. The van der Waals surface area contributed by atoms with Crippen LogP contribution in [0.1, 0.15) is 6.92 Å². The molecule has 1 aromatic heterocycles. The van der Waals surface area contributed by atoms with Gasteiger partial charge in [0.25, 0.3) is 5.91 Å². The number of Topliss-reactive ketones (excluding diaryl/α,β-unsaturated/α-hetero) is 1. The van der Waals surface area contributed by atoms with E-state index in [2.05, 4.69) is 4.98 Å². The fourth-order valence-corrected chi connectivity index (χ4v) is 0.877. The van der Waals surface area contributed by atoms with Crippen LogP contribution in [0.4, 0.5) is 5.69 Å². The molecule has 1 aromatic rings. The summed E-state index contributed by atoms with van der Waals surface area (Å²) < 4.78 is 0. The van der Waals surface area contributed by atoms with Gasteiger partial charge in [0.05, 0.1) is 5.69 Å². The molecule has 4 heteroatoms. The summed E-state index contributed by atoms with van der Waals surface area (Å²) in [5.74, 6) is -0.965. The molecule has 0 aliphatic rings. The average molecular weight is 166 g/mol. The van der Waals surface area contributed by atoms with Crippen molar-refractivity contribution in [2.24, 2.45) is 0 Å². The van der Waals surface area contributed by atoms with E-state index < -0.39 is 11.7 Å². The van der Waals surface area contributed by atoms with Gasteiger partial charge in [0.1, 0.15) is 0 Å². The van der Waals surface area contributed by atoms with Gasteiger partial charge < -0.3 is 9.88 Å². The Hall–Kier alpha value is -1.58. The van der Waals surface area contributed by atoms with Gasteiger partial charge in [0, 0.05) is 26.4 Å². The van der Waals surface area contributed by atoms with Gasteiger partial charge in [-0.2, -0.15) is 0 Å². The highest BCUT2D eigenvalue weighted by atomic mass is 16.2. The van der Waals surface area contributed by atoms with Crippen LogP contribution in [0, 0.1) is 0 Å². The second-order valence-corrected chi connectivity index (χ2v) is 2.49. The number of rotatable bonds is 2. The van der Waals surface area contributed by atoms with Crippen LogP contribution in [-0.2, 0) is 9.59 Å². The Morgan fingerprint density at radius 2 is 2.17 bits per heavy atom. The normalized spacial score (nSPS) is 9.50. The maximum absolute atomic E-state index is 11.1. The lowest BCUT2D eigenvalue weighted by molar-refractivity contribution is -0.134. The van der Waals surface area contributed by atoms with E-state index in [1.165, 1.54) is 11.8 Å². The molecular weight excluding hydrogens is 156 g/mol. The summed E-state index contributed by atoms with van der Waals surface area (Å²) in [6.07, 6.45) is 3.35. The molecule has 0 spiro atoms. The number of aromatic nitrogens is 1. The lowest BCUT2D eigenvalue weighted by Gasteiger charge is -2.12. The largest absolute Gasteiger partial charge is 0.366 e. The van der Waals surface area contributed by atoms with Crippen molar-refractivity contribution >= 4 is 17.4 Å². The monoisotopic (exact) mass is 166 g/mol. The van der Waals surface area contributed by atoms with Crippen molar-refractivity contribution in [3.05, 3.63) is 18.5 Å². The van der Waals surface area contributed by atoms with Crippen molar-refractivity contribution in [1.29, 1.82) is 0 Å². The summed E-state index contributed by atoms with van der Waals surface area (Å²) in [5.41, 5.74) is 0.690. The standard InChI is InChI=1S/C8H10N2O2/c1-6(11)8(12)10(2)7-3-4-9-5-7/h3-5,9H,1-2H3. The molecule has 0 aromatic carbocycles. The number of likely N-dealkylation sites (N-methyl/N-ethyl adjacent to an activating group) is 1. The summed E-state index contributed by atoms with van der Waals surface area (Å²) in [6.45, 7) is 1.26. The molecule has 1 N–H and O–H groups in total. The highest BCUT2D eigenvalue weighted by Crippen LogP contribution is 2.09. The number of nitrogens with one attached hydrogen (secondary N) is 1. The van der Waals surface area contributed by atoms with E-state index in [1.54, 1.807) is 25.5 Å². The number of aromatic amines is 1.